The van der Waals surface area contributed by atoms with E-state index in [0.29, 0.717) is 19.8 Å². The zero-order chi connectivity index (χ0) is 15.8. The number of hydrogen-bond donors (Lipinski definition) is 1. The molecule has 2 rings (SSSR count). The Morgan fingerprint density at radius 1 is 1.32 bits per heavy atom. The lowest BCUT2D eigenvalue weighted by molar-refractivity contribution is -0.123. The average molecular weight is 368 g/mol. The summed E-state index contributed by atoms with van der Waals surface area (Å²) in [5.74, 6) is -0.0763. The number of nitrogens with one attached hydrogen (secondary N) is 1. The molecule has 1 fully saturated rings. The fraction of sp³-hybridized carbons (Fsp3) is 0.500. The number of hydrazone groups is 1. The van der Waals surface area contributed by atoms with E-state index in [4.69, 9.17) is 4.74 Å². The van der Waals surface area contributed by atoms with E-state index in [2.05, 4.69) is 38.3 Å². The van der Waals surface area contributed by atoms with Gasteiger partial charge in [0.15, 0.2) is 0 Å². The van der Waals surface area contributed by atoms with Crippen LogP contribution in [0.5, 0.6) is 0 Å². The molecular formula is C16H22BrN3O2. The molecule has 1 aliphatic rings. The van der Waals surface area contributed by atoms with Gasteiger partial charge in [-0.15, -0.1) is 0 Å². The number of nitrogens with zero attached hydrogens (tertiary/aromatic N) is 2. The van der Waals surface area contributed by atoms with Crippen molar-refractivity contribution in [2.45, 2.75) is 19.8 Å². The Balaban J connectivity index is 1.94. The van der Waals surface area contributed by atoms with E-state index >= 15 is 0 Å². The number of halogens is 1. The van der Waals surface area contributed by atoms with Crippen molar-refractivity contribution in [1.82, 2.24) is 10.3 Å². The highest BCUT2D eigenvalue weighted by atomic mass is 79.9. The normalized spacial score (nSPS) is 16.5. The fourth-order valence-electron chi connectivity index (χ4n) is 2.27. The third-order valence-electron chi connectivity index (χ3n) is 3.45. The van der Waals surface area contributed by atoms with Gasteiger partial charge < -0.3 is 4.74 Å². The maximum Gasteiger partial charge on any atom is 0.254 e. The zero-order valence-electron chi connectivity index (χ0n) is 12.8. The number of carbonyl (C=O) groups excluding carboxylic acids is 1. The second kappa shape index (κ2) is 9.02. The molecule has 5 nitrogen and oxygen atoms in total. The van der Waals surface area contributed by atoms with E-state index < -0.39 is 0 Å². The Morgan fingerprint density at radius 3 is 2.64 bits per heavy atom. The van der Waals surface area contributed by atoms with Crippen LogP contribution < -0.4 is 5.43 Å². The fourth-order valence-corrected chi connectivity index (χ4v) is 2.54. The smallest absolute Gasteiger partial charge is 0.254 e. The van der Waals surface area contributed by atoms with Crippen molar-refractivity contribution < 1.29 is 9.53 Å². The van der Waals surface area contributed by atoms with E-state index in [-0.39, 0.29) is 5.91 Å². The van der Waals surface area contributed by atoms with Crippen molar-refractivity contribution in [3.63, 3.8) is 0 Å². The maximum absolute atomic E-state index is 12.0. The molecule has 1 aliphatic heterocycles. The number of amides is 1. The van der Waals surface area contributed by atoms with Crippen LogP contribution in [-0.2, 0) is 9.53 Å². The Labute approximate surface area is 139 Å². The lowest BCUT2D eigenvalue weighted by atomic mass is 10.1. The van der Waals surface area contributed by atoms with Crippen molar-refractivity contribution in [3.05, 3.63) is 34.3 Å². The molecule has 0 spiro atoms. The van der Waals surface area contributed by atoms with E-state index in [9.17, 15) is 4.79 Å². The van der Waals surface area contributed by atoms with Crippen LogP contribution in [0.3, 0.4) is 0 Å². The molecule has 1 amide bonds. The monoisotopic (exact) mass is 367 g/mol. The van der Waals surface area contributed by atoms with Gasteiger partial charge >= 0.3 is 0 Å². The maximum atomic E-state index is 12.0. The van der Waals surface area contributed by atoms with Crippen molar-refractivity contribution in [1.29, 1.82) is 0 Å². The molecule has 0 atom stereocenters. The van der Waals surface area contributed by atoms with Crippen molar-refractivity contribution in [2.24, 2.45) is 5.10 Å². The van der Waals surface area contributed by atoms with Gasteiger partial charge in [-0.2, -0.15) is 5.10 Å². The first-order valence-electron chi connectivity index (χ1n) is 7.60. The van der Waals surface area contributed by atoms with Crippen LogP contribution in [0, 0.1) is 0 Å². The van der Waals surface area contributed by atoms with Gasteiger partial charge in [0, 0.05) is 17.6 Å². The molecule has 1 aromatic rings. The number of hydrogen-bond acceptors (Lipinski definition) is 4. The second-order valence-electron chi connectivity index (χ2n) is 5.24. The molecule has 1 N–H and O–H groups in total. The minimum Gasteiger partial charge on any atom is -0.379 e. The Bertz CT molecular complexity index is 511. The predicted molar refractivity (Wildman–Crippen MR) is 91.0 cm³/mol. The quantitative estimate of drug-likeness (QED) is 0.620. The Morgan fingerprint density at radius 2 is 2.00 bits per heavy atom. The van der Waals surface area contributed by atoms with Crippen LogP contribution in [-0.4, -0.2) is 49.4 Å². The Kier molecular flexibility index (Phi) is 7.02. The van der Waals surface area contributed by atoms with Crippen molar-refractivity contribution in [3.8, 4) is 0 Å². The summed E-state index contributed by atoms with van der Waals surface area (Å²) in [6.07, 6.45) is 1.81. The summed E-state index contributed by atoms with van der Waals surface area (Å²) < 4.78 is 6.31. The zero-order valence-corrected chi connectivity index (χ0v) is 14.4. The second-order valence-corrected chi connectivity index (χ2v) is 6.15. The summed E-state index contributed by atoms with van der Waals surface area (Å²) in [5.41, 5.74) is 4.63. The largest absolute Gasteiger partial charge is 0.379 e. The highest BCUT2D eigenvalue weighted by Crippen LogP contribution is 2.13. The molecule has 120 valence electrons. The highest BCUT2D eigenvalue weighted by molar-refractivity contribution is 9.10. The third-order valence-corrected chi connectivity index (χ3v) is 3.98. The van der Waals surface area contributed by atoms with Crippen molar-refractivity contribution in [2.75, 3.05) is 32.8 Å². The van der Waals surface area contributed by atoms with E-state index in [1.807, 2.05) is 24.3 Å². The topological polar surface area (TPSA) is 53.9 Å². The molecule has 0 aliphatic carbocycles. The van der Waals surface area contributed by atoms with Crippen LogP contribution in [0.25, 0.3) is 0 Å². The first kappa shape index (κ1) is 17.1. The molecule has 0 radical (unpaired) electrons. The van der Waals surface area contributed by atoms with Gasteiger partial charge in [0.1, 0.15) is 0 Å². The summed E-state index contributed by atoms with van der Waals surface area (Å²) in [6.45, 7) is 5.45. The number of benzene rings is 1. The molecule has 0 bridgehead atoms. The number of carbonyl (C=O) groups is 1. The van der Waals surface area contributed by atoms with Crippen LogP contribution in [0.1, 0.15) is 25.3 Å². The lowest BCUT2D eigenvalue weighted by Crippen LogP contribution is -2.42. The summed E-state index contributed by atoms with van der Waals surface area (Å²) in [4.78, 5) is 14.1. The van der Waals surface area contributed by atoms with Gasteiger partial charge in [0.25, 0.3) is 5.91 Å². The number of morpholine rings is 1. The van der Waals surface area contributed by atoms with Gasteiger partial charge in [-0.3, -0.25) is 9.69 Å². The van der Waals surface area contributed by atoms with Gasteiger partial charge in [-0.05, 0) is 24.1 Å². The summed E-state index contributed by atoms with van der Waals surface area (Å²) in [6, 6.07) is 7.98. The standard InChI is InChI=1S/C16H22BrN3O2/c1-2-3-15(13-4-6-14(17)7-5-13)18-19-16(21)12-20-8-10-22-11-9-20/h4-7H,2-3,8-12H2,1H3,(H,19,21)/b18-15+. The average Bonchev–Trinajstić information content (AvgIpc) is 2.53. The molecule has 0 aromatic heterocycles. The van der Waals surface area contributed by atoms with Gasteiger partial charge in [0.05, 0.1) is 25.5 Å². The minimum absolute atomic E-state index is 0.0763. The predicted octanol–water partition coefficient (Wildman–Crippen LogP) is 2.40. The molecule has 1 aromatic carbocycles. The third kappa shape index (κ3) is 5.51. The number of rotatable bonds is 6. The molecule has 1 saturated heterocycles. The van der Waals surface area contributed by atoms with Crippen LogP contribution in [0.2, 0.25) is 0 Å². The van der Waals surface area contributed by atoms with E-state index in [0.717, 1.165) is 41.7 Å². The number of ether oxygens (including phenoxy) is 1. The first-order chi connectivity index (χ1) is 10.7. The summed E-state index contributed by atoms with van der Waals surface area (Å²) >= 11 is 3.43. The van der Waals surface area contributed by atoms with Crippen LogP contribution >= 0.6 is 15.9 Å². The molecule has 22 heavy (non-hydrogen) atoms. The van der Waals surface area contributed by atoms with Gasteiger partial charge in [-0.1, -0.05) is 41.4 Å². The first-order valence-corrected chi connectivity index (χ1v) is 8.39. The van der Waals surface area contributed by atoms with E-state index in [1.165, 1.54) is 0 Å². The summed E-state index contributed by atoms with van der Waals surface area (Å²) in [5, 5.41) is 4.32. The SMILES string of the molecule is CCC/C(=N\NC(=O)CN1CCOCC1)c1ccc(Br)cc1. The molecular weight excluding hydrogens is 346 g/mol. The lowest BCUT2D eigenvalue weighted by Gasteiger charge is -2.25. The minimum atomic E-state index is -0.0763. The molecule has 6 heteroatoms. The van der Waals surface area contributed by atoms with Gasteiger partial charge in [-0.25, -0.2) is 5.43 Å². The van der Waals surface area contributed by atoms with Crippen LogP contribution in [0.15, 0.2) is 33.8 Å². The molecule has 1 heterocycles. The Hall–Kier alpha value is -1.24. The van der Waals surface area contributed by atoms with Gasteiger partial charge in [0.2, 0.25) is 0 Å². The van der Waals surface area contributed by atoms with E-state index in [1.54, 1.807) is 0 Å². The van der Waals surface area contributed by atoms with Crippen molar-refractivity contribution >= 4 is 27.5 Å². The summed E-state index contributed by atoms with van der Waals surface area (Å²) in [7, 11) is 0. The van der Waals surface area contributed by atoms with Crippen LogP contribution in [0.4, 0.5) is 0 Å². The highest BCUT2D eigenvalue weighted by Gasteiger charge is 2.14. The molecule has 0 saturated carbocycles. The molecule has 0 unspecified atom stereocenters.